The van der Waals surface area contributed by atoms with Gasteiger partial charge < -0.3 is 19.8 Å². The number of aliphatic hydroxyl groups is 1. The smallest absolute Gasteiger partial charge is 0.257 e. The first-order chi connectivity index (χ1) is 11.5. The molecule has 1 aromatic carbocycles. The average molecular weight is 333 g/mol. The van der Waals surface area contributed by atoms with Gasteiger partial charge in [-0.05, 0) is 43.9 Å². The molecule has 1 saturated carbocycles. The first kappa shape index (κ1) is 17.2. The number of phenolic OH excluding ortho intramolecular Hbond substituents is 1. The van der Waals surface area contributed by atoms with E-state index in [4.69, 9.17) is 4.74 Å². The first-order valence-electron chi connectivity index (χ1n) is 8.92. The number of ether oxygens (including phenoxy) is 1. The number of rotatable bonds is 4. The molecule has 0 radical (unpaired) electrons. The van der Waals surface area contributed by atoms with E-state index in [-0.39, 0.29) is 29.3 Å². The third-order valence-electron chi connectivity index (χ3n) is 5.79. The molecule has 0 aromatic heterocycles. The molecule has 2 atom stereocenters. The van der Waals surface area contributed by atoms with E-state index in [9.17, 15) is 15.0 Å². The minimum atomic E-state index is -0.330. The summed E-state index contributed by atoms with van der Waals surface area (Å²) in [4.78, 5) is 14.5. The van der Waals surface area contributed by atoms with Crippen molar-refractivity contribution in [3.05, 3.63) is 29.3 Å². The topological polar surface area (TPSA) is 70.0 Å². The fraction of sp³-hybridized carbons (Fsp3) is 0.632. The maximum Gasteiger partial charge on any atom is 0.257 e. The highest BCUT2D eigenvalue weighted by Gasteiger charge is 2.56. The monoisotopic (exact) mass is 333 g/mol. The van der Waals surface area contributed by atoms with Crippen LogP contribution in [0.15, 0.2) is 18.2 Å². The van der Waals surface area contributed by atoms with Gasteiger partial charge in [-0.1, -0.05) is 13.0 Å². The van der Waals surface area contributed by atoms with Crippen molar-refractivity contribution in [1.29, 1.82) is 0 Å². The number of aryl methyl sites for hydroxylation is 1. The number of amides is 1. The Balaban J connectivity index is 1.67. The number of hydrogen-bond acceptors (Lipinski definition) is 4. The van der Waals surface area contributed by atoms with E-state index in [0.29, 0.717) is 31.7 Å². The summed E-state index contributed by atoms with van der Waals surface area (Å²) >= 11 is 0. The lowest BCUT2D eigenvalue weighted by Gasteiger charge is -2.56. The third kappa shape index (κ3) is 2.80. The molecule has 1 amide bonds. The fourth-order valence-electron chi connectivity index (χ4n) is 4.09. The zero-order valence-electron chi connectivity index (χ0n) is 14.5. The summed E-state index contributed by atoms with van der Waals surface area (Å²) in [5.74, 6) is -0.0812. The van der Waals surface area contributed by atoms with Crippen LogP contribution >= 0.6 is 0 Å². The SMILES string of the molecule is CCOC1CC(O)C12CCN(C(=O)c1ccc(CC)cc1O)CC2. The number of likely N-dealkylation sites (tertiary alicyclic amines) is 1. The second kappa shape index (κ2) is 6.73. The summed E-state index contributed by atoms with van der Waals surface area (Å²) in [5.41, 5.74) is 1.18. The maximum atomic E-state index is 12.7. The van der Waals surface area contributed by atoms with E-state index in [2.05, 4.69) is 0 Å². The number of hydrogen-bond donors (Lipinski definition) is 2. The van der Waals surface area contributed by atoms with Crippen molar-refractivity contribution in [2.24, 2.45) is 5.41 Å². The molecule has 5 heteroatoms. The largest absolute Gasteiger partial charge is 0.507 e. The summed E-state index contributed by atoms with van der Waals surface area (Å²) in [6.07, 6.45) is 2.79. The van der Waals surface area contributed by atoms with Crippen LogP contribution in [-0.2, 0) is 11.2 Å². The number of nitrogens with zero attached hydrogens (tertiary/aromatic N) is 1. The van der Waals surface area contributed by atoms with Crippen molar-refractivity contribution >= 4 is 5.91 Å². The Morgan fingerprint density at radius 2 is 2.04 bits per heavy atom. The molecule has 3 rings (SSSR count). The van der Waals surface area contributed by atoms with Gasteiger partial charge in [0.2, 0.25) is 0 Å². The number of phenols is 1. The van der Waals surface area contributed by atoms with E-state index < -0.39 is 0 Å². The molecule has 1 spiro atoms. The number of aromatic hydroxyl groups is 1. The van der Waals surface area contributed by atoms with Crippen molar-refractivity contribution in [3.8, 4) is 5.75 Å². The van der Waals surface area contributed by atoms with Crippen molar-refractivity contribution in [3.63, 3.8) is 0 Å². The van der Waals surface area contributed by atoms with E-state index in [1.807, 2.05) is 19.9 Å². The van der Waals surface area contributed by atoms with Gasteiger partial charge in [-0.2, -0.15) is 0 Å². The van der Waals surface area contributed by atoms with Crippen LogP contribution in [-0.4, -0.2) is 52.9 Å². The molecule has 1 aliphatic heterocycles. The van der Waals surface area contributed by atoms with Crippen molar-refractivity contribution in [2.45, 2.75) is 51.7 Å². The molecular weight excluding hydrogens is 306 g/mol. The number of aliphatic hydroxyl groups excluding tert-OH is 1. The molecule has 132 valence electrons. The van der Waals surface area contributed by atoms with Gasteiger partial charge in [0, 0.05) is 31.5 Å². The average Bonchev–Trinajstić information content (AvgIpc) is 2.61. The minimum absolute atomic E-state index is 0.0514. The predicted octanol–water partition coefficient (Wildman–Crippen LogP) is 2.35. The van der Waals surface area contributed by atoms with Gasteiger partial charge in [-0.3, -0.25) is 4.79 Å². The molecule has 24 heavy (non-hydrogen) atoms. The zero-order chi connectivity index (χ0) is 17.3. The van der Waals surface area contributed by atoms with Crippen LogP contribution in [0.2, 0.25) is 0 Å². The van der Waals surface area contributed by atoms with Gasteiger partial charge in [0.1, 0.15) is 5.75 Å². The quantitative estimate of drug-likeness (QED) is 0.887. The molecule has 1 heterocycles. The van der Waals surface area contributed by atoms with Gasteiger partial charge in [-0.15, -0.1) is 0 Å². The van der Waals surface area contributed by atoms with Gasteiger partial charge >= 0.3 is 0 Å². The Morgan fingerprint density at radius 3 is 2.58 bits per heavy atom. The molecule has 0 bridgehead atoms. The molecule has 1 aliphatic carbocycles. The van der Waals surface area contributed by atoms with Gasteiger partial charge in [0.05, 0.1) is 17.8 Å². The summed E-state index contributed by atoms with van der Waals surface area (Å²) < 4.78 is 5.76. The molecule has 5 nitrogen and oxygen atoms in total. The van der Waals surface area contributed by atoms with Gasteiger partial charge in [0.25, 0.3) is 5.91 Å². The highest BCUT2D eigenvalue weighted by Crippen LogP contribution is 2.51. The second-order valence-electron chi connectivity index (χ2n) is 6.93. The van der Waals surface area contributed by atoms with Crippen molar-refractivity contribution in [1.82, 2.24) is 4.90 Å². The molecule has 2 unspecified atom stereocenters. The lowest BCUT2D eigenvalue weighted by atomic mass is 9.58. The second-order valence-corrected chi connectivity index (χ2v) is 6.93. The highest BCUT2D eigenvalue weighted by molar-refractivity contribution is 5.97. The van der Waals surface area contributed by atoms with Crippen molar-refractivity contribution < 1.29 is 19.7 Å². The molecule has 1 saturated heterocycles. The number of piperidine rings is 1. The van der Waals surface area contributed by atoms with Gasteiger partial charge in [-0.25, -0.2) is 0 Å². The summed E-state index contributed by atoms with van der Waals surface area (Å²) in [6.45, 7) is 5.82. The van der Waals surface area contributed by atoms with E-state index >= 15 is 0 Å². The number of carbonyl (C=O) groups excluding carboxylic acids is 1. The van der Waals surface area contributed by atoms with Crippen LogP contribution in [0.5, 0.6) is 5.75 Å². The Morgan fingerprint density at radius 1 is 1.33 bits per heavy atom. The zero-order valence-corrected chi connectivity index (χ0v) is 14.5. The van der Waals surface area contributed by atoms with E-state index in [1.165, 1.54) is 0 Å². The summed E-state index contributed by atoms with van der Waals surface area (Å²) in [6, 6.07) is 5.26. The molecular formula is C19H27NO4. The summed E-state index contributed by atoms with van der Waals surface area (Å²) in [7, 11) is 0. The molecule has 2 fully saturated rings. The Hall–Kier alpha value is -1.59. The number of benzene rings is 1. The Bertz CT molecular complexity index is 605. The molecule has 1 aromatic rings. The lowest BCUT2D eigenvalue weighted by molar-refractivity contribution is -0.207. The standard InChI is InChI=1S/C19H27NO4/c1-3-13-5-6-14(15(21)11-13)18(23)20-9-7-19(8-10-20)16(22)12-17(19)24-4-2/h5-6,11,16-17,21-22H,3-4,7-10,12H2,1-2H3. The van der Waals surface area contributed by atoms with Crippen LogP contribution in [0.25, 0.3) is 0 Å². The lowest BCUT2D eigenvalue weighted by Crippen LogP contribution is -2.62. The molecule has 2 N–H and O–H groups in total. The number of carbonyl (C=O) groups is 1. The Labute approximate surface area is 143 Å². The van der Waals surface area contributed by atoms with Crippen LogP contribution < -0.4 is 0 Å². The predicted molar refractivity (Wildman–Crippen MR) is 91.1 cm³/mol. The van der Waals surface area contributed by atoms with E-state index in [0.717, 1.165) is 24.8 Å². The maximum absolute atomic E-state index is 12.7. The van der Waals surface area contributed by atoms with E-state index in [1.54, 1.807) is 17.0 Å². The normalized spacial score (nSPS) is 25.5. The van der Waals surface area contributed by atoms with Crippen molar-refractivity contribution in [2.75, 3.05) is 19.7 Å². The summed E-state index contributed by atoms with van der Waals surface area (Å²) in [5, 5.41) is 20.4. The van der Waals surface area contributed by atoms with Crippen LogP contribution in [0.3, 0.4) is 0 Å². The fourth-order valence-corrected chi connectivity index (χ4v) is 4.09. The minimum Gasteiger partial charge on any atom is -0.507 e. The van der Waals surface area contributed by atoms with Crippen LogP contribution in [0.4, 0.5) is 0 Å². The highest BCUT2D eigenvalue weighted by atomic mass is 16.5. The van der Waals surface area contributed by atoms with Crippen LogP contribution in [0, 0.1) is 5.41 Å². The van der Waals surface area contributed by atoms with Crippen LogP contribution in [0.1, 0.15) is 49.0 Å². The first-order valence-corrected chi connectivity index (χ1v) is 8.92. The third-order valence-corrected chi connectivity index (χ3v) is 5.79. The Kier molecular flexibility index (Phi) is 4.83. The van der Waals surface area contributed by atoms with Gasteiger partial charge in [0.15, 0.2) is 0 Å². The molecule has 2 aliphatic rings.